The number of hydrogen-bond donors (Lipinski definition) is 2. The molecule has 2 aromatic rings. The van der Waals surface area contributed by atoms with E-state index < -0.39 is 0 Å². The van der Waals surface area contributed by atoms with Crippen molar-refractivity contribution in [2.45, 2.75) is 6.42 Å². The first kappa shape index (κ1) is 10.7. The average molecular weight is 218 g/mol. The number of ketones is 1. The minimum absolute atomic E-state index is 0.0328. The van der Waals surface area contributed by atoms with Gasteiger partial charge in [0.05, 0.1) is 10.9 Å². The fourth-order valence-corrected chi connectivity index (χ4v) is 1.90. The standard InChI is InChI=1S/C12H14N2O2/c1-14-7-8(10(15)5-6-13)12-9(14)3-2-4-11(12)16/h2-4,7,16H,5-6,13H2,1H3. The van der Waals surface area contributed by atoms with Crippen molar-refractivity contribution in [1.82, 2.24) is 4.57 Å². The summed E-state index contributed by atoms with van der Waals surface area (Å²) in [4.78, 5) is 11.8. The number of aryl methyl sites for hydroxylation is 1. The van der Waals surface area contributed by atoms with Crippen LogP contribution in [0.5, 0.6) is 5.75 Å². The van der Waals surface area contributed by atoms with E-state index in [4.69, 9.17) is 5.73 Å². The molecule has 1 aromatic carbocycles. The van der Waals surface area contributed by atoms with E-state index in [2.05, 4.69) is 0 Å². The Kier molecular flexibility index (Phi) is 2.66. The van der Waals surface area contributed by atoms with Crippen molar-refractivity contribution in [3.8, 4) is 5.75 Å². The molecular weight excluding hydrogens is 204 g/mol. The molecule has 0 aliphatic rings. The van der Waals surface area contributed by atoms with Crippen molar-refractivity contribution in [2.24, 2.45) is 12.8 Å². The SMILES string of the molecule is Cn1cc(C(=O)CCN)c2c(O)cccc21. The molecule has 0 spiro atoms. The number of nitrogens with zero attached hydrogens (tertiary/aromatic N) is 1. The maximum atomic E-state index is 11.8. The lowest BCUT2D eigenvalue weighted by atomic mass is 10.1. The molecule has 0 unspecified atom stereocenters. The minimum atomic E-state index is -0.0328. The Balaban J connectivity index is 2.66. The molecule has 0 fully saturated rings. The summed E-state index contributed by atoms with van der Waals surface area (Å²) in [6, 6.07) is 5.21. The third kappa shape index (κ3) is 1.57. The van der Waals surface area contributed by atoms with E-state index in [1.165, 1.54) is 0 Å². The summed E-state index contributed by atoms with van der Waals surface area (Å²) in [5, 5.41) is 10.4. The number of aromatic nitrogens is 1. The molecule has 0 saturated carbocycles. The Morgan fingerprint density at radius 1 is 1.50 bits per heavy atom. The number of phenolic OH excluding ortho intramolecular Hbond substituents is 1. The molecule has 1 heterocycles. The second-order valence-electron chi connectivity index (χ2n) is 3.79. The van der Waals surface area contributed by atoms with Gasteiger partial charge in [0.15, 0.2) is 5.78 Å². The Morgan fingerprint density at radius 3 is 2.94 bits per heavy atom. The molecule has 3 N–H and O–H groups in total. The molecule has 0 amide bonds. The first-order valence-electron chi connectivity index (χ1n) is 5.15. The van der Waals surface area contributed by atoms with Gasteiger partial charge in [-0.1, -0.05) is 6.07 Å². The zero-order valence-corrected chi connectivity index (χ0v) is 9.10. The van der Waals surface area contributed by atoms with Gasteiger partial charge in [-0.25, -0.2) is 0 Å². The molecule has 0 bridgehead atoms. The van der Waals surface area contributed by atoms with Gasteiger partial charge >= 0.3 is 0 Å². The largest absolute Gasteiger partial charge is 0.507 e. The molecule has 0 atom stereocenters. The fraction of sp³-hybridized carbons (Fsp3) is 0.250. The summed E-state index contributed by atoms with van der Waals surface area (Å²) < 4.78 is 1.83. The highest BCUT2D eigenvalue weighted by Crippen LogP contribution is 2.29. The van der Waals surface area contributed by atoms with E-state index in [-0.39, 0.29) is 11.5 Å². The van der Waals surface area contributed by atoms with Crippen LogP contribution in [0, 0.1) is 0 Å². The fourth-order valence-electron chi connectivity index (χ4n) is 1.90. The smallest absolute Gasteiger partial charge is 0.166 e. The molecule has 4 heteroatoms. The highest BCUT2D eigenvalue weighted by atomic mass is 16.3. The van der Waals surface area contributed by atoms with Crippen LogP contribution >= 0.6 is 0 Å². The molecular formula is C12H14N2O2. The van der Waals surface area contributed by atoms with Gasteiger partial charge in [0.25, 0.3) is 0 Å². The highest BCUT2D eigenvalue weighted by Gasteiger charge is 2.15. The summed E-state index contributed by atoms with van der Waals surface area (Å²) in [6.07, 6.45) is 2.04. The Hall–Kier alpha value is -1.81. The summed E-state index contributed by atoms with van der Waals surface area (Å²) >= 11 is 0. The molecule has 2 rings (SSSR count). The van der Waals surface area contributed by atoms with Crippen molar-refractivity contribution in [2.75, 3.05) is 6.54 Å². The maximum absolute atomic E-state index is 11.8. The topological polar surface area (TPSA) is 68.2 Å². The van der Waals surface area contributed by atoms with Gasteiger partial charge in [0.2, 0.25) is 0 Å². The van der Waals surface area contributed by atoms with Crippen LogP contribution in [0.25, 0.3) is 10.9 Å². The number of hydrogen-bond acceptors (Lipinski definition) is 3. The van der Waals surface area contributed by atoms with Crippen LogP contribution in [0.2, 0.25) is 0 Å². The molecule has 1 aromatic heterocycles. The number of carbonyl (C=O) groups excluding carboxylic acids is 1. The number of aromatic hydroxyl groups is 1. The van der Waals surface area contributed by atoms with Crippen LogP contribution in [0.15, 0.2) is 24.4 Å². The zero-order chi connectivity index (χ0) is 11.7. The summed E-state index contributed by atoms with van der Waals surface area (Å²) in [5.74, 6) is 0.105. The number of nitrogens with two attached hydrogens (primary N) is 1. The number of carbonyl (C=O) groups is 1. The summed E-state index contributed by atoms with van der Waals surface area (Å²) in [5.41, 5.74) is 6.76. The Morgan fingerprint density at radius 2 is 2.25 bits per heavy atom. The van der Waals surface area contributed by atoms with E-state index >= 15 is 0 Å². The van der Waals surface area contributed by atoms with Crippen molar-refractivity contribution < 1.29 is 9.90 Å². The van der Waals surface area contributed by atoms with E-state index in [1.807, 2.05) is 17.7 Å². The van der Waals surface area contributed by atoms with Crippen LogP contribution in [0.3, 0.4) is 0 Å². The quantitative estimate of drug-likeness (QED) is 0.765. The monoisotopic (exact) mass is 218 g/mol. The van der Waals surface area contributed by atoms with Gasteiger partial charge in [-0.2, -0.15) is 0 Å². The molecule has 16 heavy (non-hydrogen) atoms. The van der Waals surface area contributed by atoms with Gasteiger partial charge in [0.1, 0.15) is 5.75 Å². The van der Waals surface area contributed by atoms with Crippen LogP contribution in [0.1, 0.15) is 16.8 Å². The molecule has 0 aliphatic carbocycles. The van der Waals surface area contributed by atoms with Crippen molar-refractivity contribution in [3.05, 3.63) is 30.0 Å². The van der Waals surface area contributed by atoms with Crippen LogP contribution in [-0.2, 0) is 7.05 Å². The molecule has 84 valence electrons. The molecule has 0 saturated heterocycles. The van der Waals surface area contributed by atoms with Gasteiger partial charge in [-0.15, -0.1) is 0 Å². The van der Waals surface area contributed by atoms with Gasteiger partial charge in [0, 0.05) is 25.2 Å². The van der Waals surface area contributed by atoms with Gasteiger partial charge in [-0.05, 0) is 18.7 Å². The lowest BCUT2D eigenvalue weighted by Gasteiger charge is -1.99. The molecule has 4 nitrogen and oxygen atoms in total. The number of benzene rings is 1. The van der Waals surface area contributed by atoms with Crippen LogP contribution < -0.4 is 5.73 Å². The Bertz CT molecular complexity index is 543. The predicted octanol–water partition coefficient (Wildman–Crippen LogP) is 1.42. The highest BCUT2D eigenvalue weighted by molar-refractivity contribution is 6.10. The number of phenols is 1. The first-order chi connectivity index (χ1) is 7.65. The van der Waals surface area contributed by atoms with E-state index in [1.54, 1.807) is 18.3 Å². The summed E-state index contributed by atoms with van der Waals surface area (Å²) in [6.45, 7) is 0.322. The second-order valence-corrected chi connectivity index (χ2v) is 3.79. The van der Waals surface area contributed by atoms with Gasteiger partial charge < -0.3 is 15.4 Å². The number of fused-ring (bicyclic) bond motifs is 1. The van der Waals surface area contributed by atoms with Crippen molar-refractivity contribution in [3.63, 3.8) is 0 Å². The normalized spacial score (nSPS) is 10.9. The average Bonchev–Trinajstić information content (AvgIpc) is 2.58. The molecule has 0 aliphatic heterocycles. The Labute approximate surface area is 93.3 Å². The van der Waals surface area contributed by atoms with Crippen LogP contribution in [0.4, 0.5) is 0 Å². The lowest BCUT2D eigenvalue weighted by molar-refractivity contribution is 0.0986. The minimum Gasteiger partial charge on any atom is -0.507 e. The van der Waals surface area contributed by atoms with E-state index in [0.717, 1.165) is 5.52 Å². The van der Waals surface area contributed by atoms with Crippen molar-refractivity contribution >= 4 is 16.7 Å². The zero-order valence-electron chi connectivity index (χ0n) is 9.10. The molecule has 0 radical (unpaired) electrons. The van der Waals surface area contributed by atoms with E-state index in [9.17, 15) is 9.90 Å². The predicted molar refractivity (Wildman–Crippen MR) is 62.6 cm³/mol. The van der Waals surface area contributed by atoms with Gasteiger partial charge in [-0.3, -0.25) is 4.79 Å². The van der Waals surface area contributed by atoms with Crippen molar-refractivity contribution in [1.29, 1.82) is 0 Å². The summed E-state index contributed by atoms with van der Waals surface area (Å²) in [7, 11) is 1.85. The van der Waals surface area contributed by atoms with E-state index in [0.29, 0.717) is 23.9 Å². The number of Topliss-reactive ketones (excluding diaryl/α,β-unsaturated/α-hetero) is 1. The maximum Gasteiger partial charge on any atom is 0.166 e. The second kappa shape index (κ2) is 3.98. The third-order valence-electron chi connectivity index (χ3n) is 2.66. The third-order valence-corrected chi connectivity index (χ3v) is 2.66. The lowest BCUT2D eigenvalue weighted by Crippen LogP contribution is -2.07. The first-order valence-corrected chi connectivity index (χ1v) is 5.15. The number of rotatable bonds is 3. The van der Waals surface area contributed by atoms with Crippen LogP contribution in [-0.4, -0.2) is 22.0 Å².